The first-order valence-corrected chi connectivity index (χ1v) is 10.9. The summed E-state index contributed by atoms with van der Waals surface area (Å²) < 4.78 is 20.8. The molecule has 3 aromatic rings. The van der Waals surface area contributed by atoms with Crippen LogP contribution in [0.5, 0.6) is 5.75 Å². The van der Waals surface area contributed by atoms with E-state index in [4.69, 9.17) is 21.4 Å². The number of halogens is 3. The van der Waals surface area contributed by atoms with Gasteiger partial charge in [-0.05, 0) is 54.1 Å². The first kappa shape index (κ1) is 18.8. The van der Waals surface area contributed by atoms with Crippen molar-refractivity contribution in [2.45, 2.75) is 18.2 Å². The van der Waals surface area contributed by atoms with Gasteiger partial charge in [0, 0.05) is 21.5 Å². The van der Waals surface area contributed by atoms with E-state index in [0.29, 0.717) is 28.4 Å². The Morgan fingerprint density at radius 3 is 2.77 bits per heavy atom. The Morgan fingerprint density at radius 1 is 1.16 bits per heavy atom. The van der Waals surface area contributed by atoms with E-state index < -0.39 is 5.72 Å². The van der Waals surface area contributed by atoms with Crippen molar-refractivity contribution in [2.24, 2.45) is 5.10 Å². The lowest BCUT2D eigenvalue weighted by molar-refractivity contribution is -0.161. The molecule has 0 radical (unpaired) electrons. The van der Waals surface area contributed by atoms with E-state index in [1.807, 2.05) is 18.2 Å². The number of nitrogens with one attached hydrogen (secondary N) is 1. The summed E-state index contributed by atoms with van der Waals surface area (Å²) in [4.78, 5) is 13.4. The van der Waals surface area contributed by atoms with Crippen LogP contribution in [0.2, 0.25) is 5.02 Å². The first-order valence-electron chi connectivity index (χ1n) is 9.68. The number of nitrogens with zero attached hydrogens (tertiary/aromatic N) is 2. The van der Waals surface area contributed by atoms with Crippen molar-refractivity contribution in [3.05, 3.63) is 92.7 Å². The van der Waals surface area contributed by atoms with Crippen LogP contribution in [0.4, 0.5) is 10.1 Å². The normalized spacial score (nSPS) is 23.1. The number of rotatable bonds is 1. The maximum absolute atomic E-state index is 13.5. The summed E-state index contributed by atoms with van der Waals surface area (Å²) in [5, 5.41) is 9.96. The molecule has 0 aromatic heterocycles. The lowest BCUT2D eigenvalue weighted by Crippen LogP contribution is -2.55. The van der Waals surface area contributed by atoms with Crippen LogP contribution in [0.25, 0.3) is 0 Å². The Morgan fingerprint density at radius 2 is 1.97 bits per heavy atom. The number of hydrogen-bond acceptors (Lipinski definition) is 4. The van der Waals surface area contributed by atoms with Crippen LogP contribution in [0.3, 0.4) is 0 Å². The summed E-state index contributed by atoms with van der Waals surface area (Å²) in [7, 11) is 0. The Bertz CT molecular complexity index is 1300. The van der Waals surface area contributed by atoms with Crippen LogP contribution < -0.4 is 10.1 Å². The first-order chi connectivity index (χ1) is 15.0. The fraction of sp³-hybridized carbons (Fsp3) is 0.130. The molecule has 31 heavy (non-hydrogen) atoms. The molecule has 3 aliphatic rings. The highest BCUT2D eigenvalue weighted by atomic mass is 79.9. The Labute approximate surface area is 190 Å². The molecule has 3 aliphatic heterocycles. The SMILES string of the molecule is O=C1Nc2ccc(Cl)cc2[C@]12Oc1ccc(Br)cc1[C@@H]1CC(c3ccc(F)cc3)=NN12. The van der Waals surface area contributed by atoms with Gasteiger partial charge in [0.25, 0.3) is 5.91 Å². The molecular weight excluding hydrogens is 485 g/mol. The zero-order valence-electron chi connectivity index (χ0n) is 15.9. The van der Waals surface area contributed by atoms with Gasteiger partial charge < -0.3 is 10.1 Å². The topological polar surface area (TPSA) is 53.9 Å². The molecule has 0 unspecified atom stereocenters. The average Bonchev–Trinajstić information content (AvgIpc) is 3.31. The summed E-state index contributed by atoms with van der Waals surface area (Å²) in [6, 6.07) is 16.9. The minimum Gasteiger partial charge on any atom is -0.453 e. The third kappa shape index (κ3) is 2.66. The van der Waals surface area contributed by atoms with Gasteiger partial charge in [-0.15, -0.1) is 0 Å². The fourth-order valence-corrected chi connectivity index (χ4v) is 5.05. The highest BCUT2D eigenvalue weighted by molar-refractivity contribution is 9.10. The number of amides is 1. The van der Waals surface area contributed by atoms with Gasteiger partial charge in [-0.1, -0.05) is 39.7 Å². The molecule has 1 N–H and O–H groups in total. The highest BCUT2D eigenvalue weighted by Crippen LogP contribution is 2.54. The maximum atomic E-state index is 13.5. The number of hydrazone groups is 1. The largest absolute Gasteiger partial charge is 0.453 e. The van der Waals surface area contributed by atoms with Crippen molar-refractivity contribution in [1.82, 2.24) is 5.01 Å². The molecule has 1 amide bonds. The molecule has 0 fully saturated rings. The number of carbonyl (C=O) groups is 1. The molecule has 3 aromatic carbocycles. The molecule has 0 aliphatic carbocycles. The van der Waals surface area contributed by atoms with Crippen molar-refractivity contribution in [3.8, 4) is 5.75 Å². The van der Waals surface area contributed by atoms with Gasteiger partial charge in [0.1, 0.15) is 11.6 Å². The van der Waals surface area contributed by atoms with Gasteiger partial charge in [-0.25, -0.2) is 9.40 Å². The van der Waals surface area contributed by atoms with E-state index in [9.17, 15) is 9.18 Å². The fourth-order valence-electron chi connectivity index (χ4n) is 4.50. The molecule has 0 bridgehead atoms. The zero-order valence-corrected chi connectivity index (χ0v) is 18.2. The van der Waals surface area contributed by atoms with Crippen LogP contribution in [0.15, 0.2) is 70.2 Å². The van der Waals surface area contributed by atoms with Crippen LogP contribution in [-0.2, 0) is 10.5 Å². The lowest BCUT2D eigenvalue weighted by Gasteiger charge is -2.44. The van der Waals surface area contributed by atoms with Gasteiger partial charge in [0.15, 0.2) is 0 Å². The summed E-state index contributed by atoms with van der Waals surface area (Å²) in [6.45, 7) is 0. The number of ether oxygens (including phenoxy) is 1. The number of fused-ring (bicyclic) bond motifs is 6. The van der Waals surface area contributed by atoms with Crippen molar-refractivity contribution < 1.29 is 13.9 Å². The minimum atomic E-state index is -1.48. The van der Waals surface area contributed by atoms with Crippen molar-refractivity contribution >= 4 is 44.8 Å². The lowest BCUT2D eigenvalue weighted by atomic mass is 9.92. The van der Waals surface area contributed by atoms with E-state index >= 15 is 0 Å². The number of anilines is 1. The number of benzene rings is 3. The molecule has 3 heterocycles. The average molecular weight is 499 g/mol. The Balaban J connectivity index is 1.58. The molecule has 1 spiro atoms. The Kier molecular flexibility index (Phi) is 3.98. The minimum absolute atomic E-state index is 0.239. The second kappa shape index (κ2) is 6.55. The van der Waals surface area contributed by atoms with Crippen molar-refractivity contribution in [2.75, 3.05) is 5.32 Å². The standard InChI is InChI=1S/C23H14BrClFN3O2/c24-13-3-8-21-16(9-13)20-11-19(12-1-5-15(26)6-2-12)28-29(20)23(31-21)17-10-14(25)4-7-18(17)27-22(23)30/h1-10,20H,11H2,(H,27,30)/t20-,23-/m0/s1. The predicted molar refractivity (Wildman–Crippen MR) is 119 cm³/mol. The van der Waals surface area contributed by atoms with Gasteiger partial charge in [0.2, 0.25) is 0 Å². The van der Waals surface area contributed by atoms with E-state index in [1.54, 1.807) is 35.3 Å². The second-order valence-electron chi connectivity index (χ2n) is 7.69. The zero-order chi connectivity index (χ0) is 21.3. The third-order valence-electron chi connectivity index (χ3n) is 5.90. The summed E-state index contributed by atoms with van der Waals surface area (Å²) in [5.74, 6) is -0.0247. The van der Waals surface area contributed by atoms with Crippen molar-refractivity contribution in [1.29, 1.82) is 0 Å². The van der Waals surface area contributed by atoms with E-state index in [-0.39, 0.29) is 17.8 Å². The van der Waals surface area contributed by atoms with E-state index in [0.717, 1.165) is 21.3 Å². The van der Waals surface area contributed by atoms with E-state index in [2.05, 4.69) is 21.2 Å². The van der Waals surface area contributed by atoms with Gasteiger partial charge in [-0.3, -0.25) is 4.79 Å². The Hall–Kier alpha value is -2.90. The van der Waals surface area contributed by atoms with Crippen LogP contribution in [0.1, 0.15) is 29.2 Å². The van der Waals surface area contributed by atoms with E-state index in [1.165, 1.54) is 12.1 Å². The molecule has 0 saturated carbocycles. The molecule has 8 heteroatoms. The number of hydrogen-bond donors (Lipinski definition) is 1. The van der Waals surface area contributed by atoms with Crippen LogP contribution in [-0.4, -0.2) is 16.6 Å². The van der Waals surface area contributed by atoms with Crippen LogP contribution >= 0.6 is 27.5 Å². The van der Waals surface area contributed by atoms with Gasteiger partial charge in [0.05, 0.1) is 23.0 Å². The molecule has 6 rings (SSSR count). The second-order valence-corrected chi connectivity index (χ2v) is 9.04. The smallest absolute Gasteiger partial charge is 0.306 e. The molecule has 154 valence electrons. The predicted octanol–water partition coefficient (Wildman–Crippen LogP) is 5.59. The number of carbonyl (C=O) groups excluding carboxylic acids is 1. The summed E-state index contributed by atoms with van der Waals surface area (Å²) in [6.07, 6.45) is 0.545. The molecule has 5 nitrogen and oxygen atoms in total. The molecule has 2 atom stereocenters. The summed E-state index contributed by atoms with van der Waals surface area (Å²) in [5.41, 5.74) is 2.25. The highest BCUT2D eigenvalue weighted by Gasteiger charge is 2.61. The molecule has 0 saturated heterocycles. The molecular formula is C23H14BrClFN3O2. The maximum Gasteiger partial charge on any atom is 0.306 e. The third-order valence-corrected chi connectivity index (χ3v) is 6.63. The van der Waals surface area contributed by atoms with Crippen molar-refractivity contribution in [3.63, 3.8) is 0 Å². The van der Waals surface area contributed by atoms with Gasteiger partial charge in [-0.2, -0.15) is 5.10 Å². The monoisotopic (exact) mass is 497 g/mol. The van der Waals surface area contributed by atoms with Gasteiger partial charge >= 0.3 is 5.72 Å². The quantitative estimate of drug-likeness (QED) is 0.476. The summed E-state index contributed by atoms with van der Waals surface area (Å²) >= 11 is 9.81. The van der Waals surface area contributed by atoms with Crippen LogP contribution in [0, 0.1) is 5.82 Å².